The monoisotopic (exact) mass is 700 g/mol. The van der Waals surface area contributed by atoms with Crippen molar-refractivity contribution in [2.75, 3.05) is 39.1 Å². The van der Waals surface area contributed by atoms with Gasteiger partial charge in [0.15, 0.2) is 0 Å². The van der Waals surface area contributed by atoms with E-state index in [2.05, 4.69) is 16.5 Å². The van der Waals surface area contributed by atoms with Crippen molar-refractivity contribution < 1.29 is 46.8 Å². The van der Waals surface area contributed by atoms with Gasteiger partial charge in [-0.15, -0.1) is 0 Å². The molecule has 12 atom stereocenters. The largest absolute Gasteiger partial charge is 0.454 e. The molecule has 8 rings (SSSR count). The summed E-state index contributed by atoms with van der Waals surface area (Å²) in [5.41, 5.74) is -4.69. The van der Waals surface area contributed by atoms with Gasteiger partial charge < -0.3 is 29.2 Å². The maximum atomic E-state index is 14.4. The second-order valence-corrected chi connectivity index (χ2v) is 16.7. The van der Waals surface area contributed by atoms with Crippen LogP contribution in [-0.2, 0) is 29.0 Å². The van der Waals surface area contributed by atoms with E-state index in [1.54, 1.807) is 33.5 Å². The summed E-state index contributed by atoms with van der Waals surface area (Å²) in [7, 11) is 0.714. The molecule has 1 aliphatic heterocycles. The number of anilines is 1. The highest BCUT2D eigenvalue weighted by molar-refractivity contribution is 7.92. The fraction of sp³-hybridized carbons (Fsp3) is 0.639. The molecule has 5 saturated carbocycles. The summed E-state index contributed by atoms with van der Waals surface area (Å²) in [6, 6.07) is 10.8. The van der Waals surface area contributed by atoms with Gasteiger partial charge in [-0.3, -0.25) is 9.62 Å². The van der Waals surface area contributed by atoms with E-state index in [1.807, 2.05) is 0 Å². The molecular formula is C36H45FN2O9S. The number of carbonyl (C=O) groups excluding carboxylic acids is 1. The third kappa shape index (κ3) is 4.15. The number of sulfonamides is 1. The molecule has 2 aromatic rings. The van der Waals surface area contributed by atoms with Crippen molar-refractivity contribution in [2.45, 2.75) is 85.1 Å². The van der Waals surface area contributed by atoms with Crippen LogP contribution in [0.5, 0.6) is 0 Å². The molecule has 266 valence electrons. The Morgan fingerprint density at radius 3 is 2.51 bits per heavy atom. The maximum Gasteiger partial charge on any atom is 0.340 e. The van der Waals surface area contributed by atoms with Crippen LogP contribution in [0.4, 0.5) is 10.1 Å². The molecule has 0 radical (unpaired) electrons. The predicted molar refractivity (Wildman–Crippen MR) is 175 cm³/mol. The third-order valence-electron chi connectivity index (χ3n) is 13.7. The number of likely N-dealkylation sites (tertiary alicyclic amines) is 1. The highest BCUT2D eigenvalue weighted by Gasteiger charge is 2.89. The summed E-state index contributed by atoms with van der Waals surface area (Å²) >= 11 is 0. The van der Waals surface area contributed by atoms with E-state index in [0.29, 0.717) is 38.8 Å². The molecule has 1 unspecified atom stereocenters. The van der Waals surface area contributed by atoms with E-state index in [0.717, 1.165) is 12.1 Å². The van der Waals surface area contributed by atoms with E-state index in [4.69, 9.17) is 18.9 Å². The number of nitrogens with one attached hydrogen (secondary N) is 1. The highest BCUT2D eigenvalue weighted by Crippen LogP contribution is 2.79. The van der Waals surface area contributed by atoms with Gasteiger partial charge in [0.25, 0.3) is 10.0 Å². The lowest BCUT2D eigenvalue weighted by Gasteiger charge is -2.70. The quantitative estimate of drug-likeness (QED) is 0.334. The van der Waals surface area contributed by atoms with Crippen LogP contribution in [0.1, 0.15) is 49.4 Å². The van der Waals surface area contributed by atoms with Gasteiger partial charge in [0.2, 0.25) is 0 Å². The molecule has 0 amide bonds. The van der Waals surface area contributed by atoms with Crippen LogP contribution in [0.25, 0.3) is 0 Å². The number of halogens is 1. The number of rotatable bonds is 9. The molecule has 11 nitrogen and oxygen atoms in total. The number of ether oxygens (including phenoxy) is 4. The first-order valence-corrected chi connectivity index (χ1v) is 18.7. The van der Waals surface area contributed by atoms with Gasteiger partial charge in [-0.05, 0) is 62.6 Å². The van der Waals surface area contributed by atoms with Crippen LogP contribution in [0.15, 0.2) is 53.4 Å². The Hall–Kier alpha value is -2.65. The second-order valence-electron chi connectivity index (χ2n) is 15.1. The summed E-state index contributed by atoms with van der Waals surface area (Å²) < 4.78 is 68.0. The maximum absolute atomic E-state index is 14.4. The van der Waals surface area contributed by atoms with Gasteiger partial charge in [0.05, 0.1) is 34.5 Å². The average Bonchev–Trinajstić information content (AvgIpc) is 3.51. The van der Waals surface area contributed by atoms with E-state index < -0.39 is 56.0 Å². The molecule has 1 saturated heterocycles. The zero-order valence-electron chi connectivity index (χ0n) is 28.2. The zero-order chi connectivity index (χ0) is 34.7. The van der Waals surface area contributed by atoms with Crippen LogP contribution in [-0.4, -0.2) is 105 Å². The Morgan fingerprint density at radius 2 is 1.82 bits per heavy atom. The zero-order valence-corrected chi connectivity index (χ0v) is 29.0. The van der Waals surface area contributed by atoms with Crippen molar-refractivity contribution in [2.24, 2.45) is 29.1 Å². The smallest absolute Gasteiger partial charge is 0.340 e. The van der Waals surface area contributed by atoms with Crippen molar-refractivity contribution in [3.63, 3.8) is 0 Å². The van der Waals surface area contributed by atoms with Crippen molar-refractivity contribution in [3.05, 3.63) is 59.9 Å². The normalized spacial score (nSPS) is 43.3. The topological polar surface area (TPSA) is 144 Å². The van der Waals surface area contributed by atoms with E-state index in [-0.39, 0.29) is 58.6 Å². The Labute approximate surface area is 286 Å². The summed E-state index contributed by atoms with van der Waals surface area (Å²) in [6.45, 7) is 3.12. The standard InChI is InChI=1S/C36H45FN2O9S/c1-5-39-19-33(48-32(40)22-11-6-7-12-25(22)38-49(43,44)21-10-8-9-20(37)15-21)14-13-29(46-3)35-27(33)17-24(30(35)39)34(41)18-26(45-2)23-16-28(35)36(34,42)31(23)47-4/h6-12,15,23-24,26-31,38,41-42H,5,13-14,16-19H2,1-4H3/t23-,24+,26+,27-,28+,29+,30?,31+,33-,34+,35+,36+/m1/s1. The summed E-state index contributed by atoms with van der Waals surface area (Å²) in [5.74, 6) is -2.56. The number of carbonyl (C=O) groups is 1. The first-order valence-electron chi connectivity index (χ1n) is 17.2. The molecule has 3 N–H and O–H groups in total. The van der Waals surface area contributed by atoms with Gasteiger partial charge in [0, 0.05) is 69.4 Å². The number of nitrogens with zero attached hydrogens (tertiary/aromatic N) is 1. The van der Waals surface area contributed by atoms with Crippen LogP contribution in [0.2, 0.25) is 0 Å². The van der Waals surface area contributed by atoms with E-state index in [9.17, 15) is 27.8 Å². The highest BCUT2D eigenvalue weighted by atomic mass is 32.2. The minimum atomic E-state index is -4.23. The number of piperidine rings is 1. The molecule has 6 aliphatic rings. The summed E-state index contributed by atoms with van der Waals surface area (Å²) in [4.78, 5) is 16.4. The Morgan fingerprint density at radius 1 is 1.04 bits per heavy atom. The molecular weight excluding hydrogens is 655 g/mol. The van der Waals surface area contributed by atoms with Gasteiger partial charge in [-0.25, -0.2) is 17.6 Å². The molecule has 0 aromatic heterocycles. The van der Waals surface area contributed by atoms with Crippen molar-refractivity contribution in [3.8, 4) is 0 Å². The first-order chi connectivity index (χ1) is 23.4. The molecule has 1 heterocycles. The van der Waals surface area contributed by atoms with Crippen LogP contribution < -0.4 is 4.72 Å². The SMILES string of the molecule is CCN1C[C@]2(OC(=O)c3ccccc3NS(=O)(=O)c3cccc(F)c3)CC[C@H](OC)[C@]34C1[C@H](C[C@H]23)[C@@]1(O)C[C@H](OC)[C@H]2C[C@@H]4[C@]1(O)[C@H]2OC. The second kappa shape index (κ2) is 11.2. The molecule has 2 aromatic carbocycles. The predicted octanol–water partition coefficient (Wildman–Crippen LogP) is 3.20. The molecule has 7 bridgehead atoms. The molecule has 6 fully saturated rings. The number of fused-ring (bicyclic) bond motifs is 2. The molecule has 5 aliphatic carbocycles. The first kappa shape index (κ1) is 33.5. The number of hydrogen-bond acceptors (Lipinski definition) is 10. The van der Waals surface area contributed by atoms with Gasteiger partial charge in [-0.2, -0.15) is 0 Å². The van der Waals surface area contributed by atoms with Crippen molar-refractivity contribution >= 4 is 21.7 Å². The lowest BCUT2D eigenvalue weighted by molar-refractivity contribution is -0.337. The Balaban J connectivity index is 1.21. The fourth-order valence-corrected chi connectivity index (χ4v) is 13.3. The van der Waals surface area contributed by atoms with E-state index in [1.165, 1.54) is 24.3 Å². The fourth-order valence-electron chi connectivity index (χ4n) is 12.2. The minimum Gasteiger partial charge on any atom is -0.454 e. The van der Waals surface area contributed by atoms with Crippen LogP contribution >= 0.6 is 0 Å². The van der Waals surface area contributed by atoms with Gasteiger partial charge in [0.1, 0.15) is 22.6 Å². The number of benzene rings is 2. The molecule has 13 heteroatoms. The summed E-state index contributed by atoms with van der Waals surface area (Å²) in [5, 5.41) is 25.8. The van der Waals surface area contributed by atoms with Crippen LogP contribution in [0, 0.1) is 34.9 Å². The average molecular weight is 701 g/mol. The number of hydrogen-bond donors (Lipinski definition) is 3. The van der Waals surface area contributed by atoms with Crippen molar-refractivity contribution in [1.29, 1.82) is 0 Å². The van der Waals surface area contributed by atoms with Crippen LogP contribution in [0.3, 0.4) is 0 Å². The Bertz CT molecular complexity index is 1780. The number of esters is 1. The third-order valence-corrected chi connectivity index (χ3v) is 15.0. The lowest BCUT2D eigenvalue weighted by Crippen LogP contribution is -2.83. The number of para-hydroxylation sites is 1. The lowest BCUT2D eigenvalue weighted by atomic mass is 9.44. The van der Waals surface area contributed by atoms with Gasteiger partial charge in [-0.1, -0.05) is 25.1 Å². The number of aliphatic hydroxyl groups is 2. The van der Waals surface area contributed by atoms with Gasteiger partial charge >= 0.3 is 5.97 Å². The minimum absolute atomic E-state index is 0.0185. The van der Waals surface area contributed by atoms with E-state index >= 15 is 0 Å². The number of likely N-dealkylation sites (N-methyl/N-ethyl adjacent to an activating group) is 1. The molecule has 49 heavy (non-hydrogen) atoms. The summed E-state index contributed by atoms with van der Waals surface area (Å²) in [6.07, 6.45) is 1.25. The molecule has 1 spiro atoms. The Kier molecular flexibility index (Phi) is 7.64. The van der Waals surface area contributed by atoms with Crippen molar-refractivity contribution in [1.82, 2.24) is 4.90 Å². The number of methoxy groups -OCH3 is 3.